The Morgan fingerprint density at radius 3 is 2.05 bits per heavy atom. The maximum Gasteiger partial charge on any atom is 0.0431 e. The number of nitrogens with one attached hydrogen (secondary N) is 1. The van der Waals surface area contributed by atoms with E-state index in [2.05, 4.69) is 42.3 Å². The molecule has 104 valence electrons. The summed E-state index contributed by atoms with van der Waals surface area (Å²) < 4.78 is 0. The fourth-order valence-electron chi connectivity index (χ4n) is 3.66. The van der Waals surface area contributed by atoms with E-state index in [1.807, 2.05) is 0 Å². The van der Waals surface area contributed by atoms with Crippen LogP contribution in [0.4, 0.5) is 5.69 Å². The minimum atomic E-state index is 0.643. The Labute approximate surface area is 117 Å². The fourth-order valence-corrected chi connectivity index (χ4v) is 3.66. The molecule has 19 heavy (non-hydrogen) atoms. The highest BCUT2D eigenvalue weighted by atomic mass is 15.2. The Bertz CT molecular complexity index is 416. The molecule has 1 spiro atoms. The largest absolute Gasteiger partial charge is 0.371 e. The van der Waals surface area contributed by atoms with Crippen LogP contribution in [0.3, 0.4) is 0 Å². The zero-order valence-electron chi connectivity index (χ0n) is 12.3. The molecule has 1 aromatic carbocycles. The summed E-state index contributed by atoms with van der Waals surface area (Å²) in [4.78, 5) is 2.65. The summed E-state index contributed by atoms with van der Waals surface area (Å²) in [5.41, 5.74) is 5.25. The van der Waals surface area contributed by atoms with Gasteiger partial charge in [0.2, 0.25) is 0 Å². The van der Waals surface area contributed by atoms with Crippen molar-refractivity contribution < 1.29 is 0 Å². The molecule has 2 heterocycles. The third-order valence-electron chi connectivity index (χ3n) is 5.11. The molecule has 1 N–H and O–H groups in total. The van der Waals surface area contributed by atoms with Crippen LogP contribution in [0.15, 0.2) is 18.2 Å². The third kappa shape index (κ3) is 2.27. The molecule has 2 aliphatic heterocycles. The number of piperidine rings is 1. The van der Waals surface area contributed by atoms with Gasteiger partial charge < -0.3 is 10.2 Å². The van der Waals surface area contributed by atoms with Crippen LogP contribution in [0, 0.1) is 5.41 Å². The second-order valence-electron chi connectivity index (χ2n) is 6.22. The molecule has 3 rings (SSSR count). The van der Waals surface area contributed by atoms with Crippen LogP contribution in [-0.4, -0.2) is 26.2 Å². The molecule has 2 saturated heterocycles. The summed E-state index contributed by atoms with van der Waals surface area (Å²) in [6.07, 6.45) is 5.02. The fraction of sp³-hybridized carbons (Fsp3) is 0.647. The standard InChI is InChI=1S/C17H26N2/c1-3-14-6-5-7-15(4-2)16(14)19-10-8-17(9-11-19)12-18-13-17/h5-7,18H,3-4,8-13H2,1-2H3. The molecule has 2 heteroatoms. The maximum absolute atomic E-state index is 3.45. The van der Waals surface area contributed by atoms with Gasteiger partial charge in [-0.1, -0.05) is 32.0 Å². The van der Waals surface area contributed by atoms with Crippen molar-refractivity contribution in [3.63, 3.8) is 0 Å². The van der Waals surface area contributed by atoms with Crippen LogP contribution in [0.2, 0.25) is 0 Å². The lowest BCUT2D eigenvalue weighted by Crippen LogP contribution is -2.58. The summed E-state index contributed by atoms with van der Waals surface area (Å²) in [6.45, 7) is 9.53. The lowest BCUT2D eigenvalue weighted by Gasteiger charge is -2.49. The average Bonchev–Trinajstić information content (AvgIpc) is 2.45. The lowest BCUT2D eigenvalue weighted by atomic mass is 9.73. The summed E-state index contributed by atoms with van der Waals surface area (Å²) in [5, 5.41) is 3.45. The number of hydrogen-bond donors (Lipinski definition) is 1. The normalized spacial score (nSPS) is 21.5. The monoisotopic (exact) mass is 258 g/mol. The summed E-state index contributed by atoms with van der Waals surface area (Å²) in [7, 11) is 0. The number of anilines is 1. The van der Waals surface area contributed by atoms with Gasteiger partial charge >= 0.3 is 0 Å². The van der Waals surface area contributed by atoms with Gasteiger partial charge in [0.15, 0.2) is 0 Å². The number of aryl methyl sites for hydroxylation is 2. The van der Waals surface area contributed by atoms with E-state index in [1.165, 1.54) is 50.1 Å². The zero-order chi connectivity index (χ0) is 13.3. The van der Waals surface area contributed by atoms with Crippen molar-refractivity contribution >= 4 is 5.69 Å². The highest BCUT2D eigenvalue weighted by molar-refractivity contribution is 5.60. The second-order valence-corrected chi connectivity index (χ2v) is 6.22. The number of benzene rings is 1. The van der Waals surface area contributed by atoms with Crippen molar-refractivity contribution in [2.75, 3.05) is 31.1 Å². The molecule has 0 bridgehead atoms. The molecule has 0 amide bonds. The first-order valence-corrected chi connectivity index (χ1v) is 7.84. The summed E-state index contributed by atoms with van der Waals surface area (Å²) in [5.74, 6) is 0. The molecule has 0 saturated carbocycles. The Hall–Kier alpha value is -1.02. The van der Waals surface area contributed by atoms with Gasteiger partial charge in [-0.25, -0.2) is 0 Å². The highest BCUT2D eigenvalue weighted by Gasteiger charge is 2.39. The number of nitrogens with zero attached hydrogens (tertiary/aromatic N) is 1. The summed E-state index contributed by atoms with van der Waals surface area (Å²) >= 11 is 0. The molecule has 0 aliphatic carbocycles. The predicted molar refractivity (Wildman–Crippen MR) is 81.9 cm³/mol. The summed E-state index contributed by atoms with van der Waals surface area (Å²) in [6, 6.07) is 6.84. The van der Waals surface area contributed by atoms with Crippen LogP contribution in [0.1, 0.15) is 37.8 Å². The number of rotatable bonds is 3. The Balaban J connectivity index is 1.82. The van der Waals surface area contributed by atoms with Crippen molar-refractivity contribution in [1.29, 1.82) is 0 Å². The molecule has 2 aliphatic rings. The van der Waals surface area contributed by atoms with Crippen molar-refractivity contribution in [1.82, 2.24) is 5.32 Å². The minimum absolute atomic E-state index is 0.643. The predicted octanol–water partition coefficient (Wildman–Crippen LogP) is 3.00. The van der Waals surface area contributed by atoms with Gasteiger partial charge in [-0.05, 0) is 42.2 Å². The first kappa shape index (κ1) is 13.0. The Morgan fingerprint density at radius 2 is 1.63 bits per heavy atom. The topological polar surface area (TPSA) is 15.3 Å². The molecule has 2 fully saturated rings. The van der Waals surface area contributed by atoms with Crippen molar-refractivity contribution in [3.05, 3.63) is 29.3 Å². The average molecular weight is 258 g/mol. The zero-order valence-corrected chi connectivity index (χ0v) is 12.3. The van der Waals surface area contributed by atoms with Crippen molar-refractivity contribution in [2.24, 2.45) is 5.41 Å². The van der Waals surface area contributed by atoms with E-state index in [4.69, 9.17) is 0 Å². The van der Waals surface area contributed by atoms with Gasteiger partial charge in [-0.15, -0.1) is 0 Å². The SMILES string of the molecule is CCc1cccc(CC)c1N1CCC2(CC1)CNC2. The van der Waals surface area contributed by atoms with Crippen LogP contribution < -0.4 is 10.2 Å². The maximum atomic E-state index is 3.45. The quantitative estimate of drug-likeness (QED) is 0.896. The lowest BCUT2D eigenvalue weighted by molar-refractivity contribution is 0.126. The number of para-hydroxylation sites is 1. The van der Waals surface area contributed by atoms with Gasteiger partial charge in [0, 0.05) is 31.9 Å². The molecule has 0 unspecified atom stereocenters. The van der Waals surface area contributed by atoms with Crippen LogP contribution in [0.5, 0.6) is 0 Å². The smallest absolute Gasteiger partial charge is 0.0431 e. The van der Waals surface area contributed by atoms with Crippen molar-refractivity contribution in [3.8, 4) is 0 Å². The Kier molecular flexibility index (Phi) is 3.53. The second kappa shape index (κ2) is 5.16. The first-order chi connectivity index (χ1) is 9.28. The van der Waals surface area contributed by atoms with Crippen molar-refractivity contribution in [2.45, 2.75) is 39.5 Å². The van der Waals surface area contributed by atoms with Crippen LogP contribution >= 0.6 is 0 Å². The van der Waals surface area contributed by atoms with Gasteiger partial charge in [-0.2, -0.15) is 0 Å². The Morgan fingerprint density at radius 1 is 1.05 bits per heavy atom. The van der Waals surface area contributed by atoms with E-state index in [1.54, 1.807) is 5.69 Å². The van der Waals surface area contributed by atoms with Gasteiger partial charge in [-0.3, -0.25) is 0 Å². The van der Waals surface area contributed by atoms with E-state index >= 15 is 0 Å². The van der Waals surface area contributed by atoms with E-state index in [-0.39, 0.29) is 0 Å². The molecule has 0 atom stereocenters. The molecule has 2 nitrogen and oxygen atoms in total. The molecule has 0 radical (unpaired) electrons. The third-order valence-corrected chi connectivity index (χ3v) is 5.11. The van der Waals surface area contributed by atoms with E-state index in [0.717, 1.165) is 12.8 Å². The van der Waals surface area contributed by atoms with Crippen LogP contribution in [-0.2, 0) is 12.8 Å². The number of hydrogen-bond acceptors (Lipinski definition) is 2. The molecule has 0 aromatic heterocycles. The highest BCUT2D eigenvalue weighted by Crippen LogP contribution is 2.38. The first-order valence-electron chi connectivity index (χ1n) is 7.84. The minimum Gasteiger partial charge on any atom is -0.371 e. The molecule has 1 aromatic rings. The van der Waals surface area contributed by atoms with Crippen LogP contribution in [0.25, 0.3) is 0 Å². The van der Waals surface area contributed by atoms with Gasteiger partial charge in [0.1, 0.15) is 0 Å². The molecular weight excluding hydrogens is 232 g/mol. The van der Waals surface area contributed by atoms with Gasteiger partial charge in [0.05, 0.1) is 0 Å². The van der Waals surface area contributed by atoms with E-state index < -0.39 is 0 Å². The van der Waals surface area contributed by atoms with E-state index in [0.29, 0.717) is 5.41 Å². The van der Waals surface area contributed by atoms with Gasteiger partial charge in [0.25, 0.3) is 0 Å². The van der Waals surface area contributed by atoms with E-state index in [9.17, 15) is 0 Å². The molecular formula is C17H26N2.